The van der Waals surface area contributed by atoms with Gasteiger partial charge in [-0.05, 0) is 36.2 Å². The van der Waals surface area contributed by atoms with Gasteiger partial charge in [-0.15, -0.1) is 0 Å². The zero-order valence-electron chi connectivity index (χ0n) is 8.73. The molecule has 0 radical (unpaired) electrons. The van der Waals surface area contributed by atoms with Crippen LogP contribution < -0.4 is 11.0 Å². The Morgan fingerprint density at radius 3 is 3.06 bits per heavy atom. The van der Waals surface area contributed by atoms with E-state index in [1.807, 2.05) is 12.1 Å². The zero-order chi connectivity index (χ0) is 11.0. The van der Waals surface area contributed by atoms with Crippen LogP contribution in [-0.2, 0) is 13.0 Å². The lowest BCUT2D eigenvalue weighted by Crippen LogP contribution is -2.24. The normalized spacial score (nSPS) is 14.8. The Morgan fingerprint density at radius 2 is 2.25 bits per heavy atom. The van der Waals surface area contributed by atoms with Crippen LogP contribution in [0.2, 0.25) is 0 Å². The Morgan fingerprint density at radius 1 is 1.31 bits per heavy atom. The minimum absolute atomic E-state index is 0.205. The third-order valence-electron chi connectivity index (χ3n) is 2.91. The molecule has 1 aliphatic heterocycles. The topological polar surface area (TPSA) is 62.7 Å². The molecule has 0 aliphatic carbocycles. The van der Waals surface area contributed by atoms with Crippen molar-refractivity contribution >= 4 is 0 Å². The molecule has 0 saturated heterocycles. The minimum Gasteiger partial charge on any atom is -0.312 e. The Balaban J connectivity index is 2.10. The Kier molecular flexibility index (Phi) is 2.11. The summed E-state index contributed by atoms with van der Waals surface area (Å²) in [6, 6.07) is 6.09. The van der Waals surface area contributed by atoms with Crippen LogP contribution in [0.4, 0.5) is 0 Å². The molecule has 0 bridgehead atoms. The van der Waals surface area contributed by atoms with Crippen LogP contribution in [-0.4, -0.2) is 21.3 Å². The highest BCUT2D eigenvalue weighted by Gasteiger charge is 2.10. The lowest BCUT2D eigenvalue weighted by molar-refractivity contribution is 0.643. The van der Waals surface area contributed by atoms with Crippen molar-refractivity contribution in [3.8, 4) is 5.69 Å². The fourth-order valence-electron chi connectivity index (χ4n) is 2.05. The van der Waals surface area contributed by atoms with Crippen molar-refractivity contribution in [2.45, 2.75) is 13.0 Å². The van der Waals surface area contributed by atoms with Crippen molar-refractivity contribution < 1.29 is 0 Å². The summed E-state index contributed by atoms with van der Waals surface area (Å²) in [4.78, 5) is 11.4. The van der Waals surface area contributed by atoms with Crippen molar-refractivity contribution in [1.82, 2.24) is 20.1 Å². The predicted octanol–water partition coefficient (Wildman–Crippen LogP) is 0.206. The zero-order valence-corrected chi connectivity index (χ0v) is 8.73. The number of fused-ring (bicyclic) bond motifs is 1. The van der Waals surface area contributed by atoms with Gasteiger partial charge in [-0.1, -0.05) is 6.07 Å². The van der Waals surface area contributed by atoms with Gasteiger partial charge in [0.05, 0.1) is 5.69 Å². The number of hydrogen-bond acceptors (Lipinski definition) is 3. The van der Waals surface area contributed by atoms with Crippen LogP contribution in [0.25, 0.3) is 5.69 Å². The van der Waals surface area contributed by atoms with E-state index in [0.717, 1.165) is 25.2 Å². The van der Waals surface area contributed by atoms with Gasteiger partial charge in [-0.3, -0.25) is 0 Å². The lowest BCUT2D eigenvalue weighted by atomic mass is 10.0. The van der Waals surface area contributed by atoms with Gasteiger partial charge in [0.15, 0.2) is 0 Å². The smallest absolute Gasteiger partial charge is 0.312 e. The molecule has 0 saturated carbocycles. The molecule has 0 atom stereocenters. The quantitative estimate of drug-likeness (QED) is 0.716. The van der Waals surface area contributed by atoms with E-state index in [0.29, 0.717) is 0 Å². The fraction of sp³-hybridized carbons (Fsp3) is 0.273. The number of rotatable bonds is 1. The third kappa shape index (κ3) is 1.45. The number of aromatic amines is 1. The maximum absolute atomic E-state index is 11.4. The first-order valence-corrected chi connectivity index (χ1v) is 5.29. The van der Waals surface area contributed by atoms with Crippen molar-refractivity contribution in [3.05, 3.63) is 46.1 Å². The first kappa shape index (κ1) is 9.35. The molecule has 0 spiro atoms. The van der Waals surface area contributed by atoms with Crippen molar-refractivity contribution in [2.75, 3.05) is 6.54 Å². The Bertz CT molecular complexity index is 569. The molecule has 0 amide bonds. The van der Waals surface area contributed by atoms with E-state index in [1.165, 1.54) is 22.0 Å². The van der Waals surface area contributed by atoms with Crippen molar-refractivity contribution in [2.24, 2.45) is 0 Å². The van der Waals surface area contributed by atoms with E-state index in [2.05, 4.69) is 21.6 Å². The van der Waals surface area contributed by atoms with Gasteiger partial charge in [-0.2, -0.15) is 5.10 Å². The van der Waals surface area contributed by atoms with Gasteiger partial charge in [0, 0.05) is 6.54 Å². The SMILES string of the molecule is O=c1[nH]ncn1-c1ccc2c(c1)CNCC2. The summed E-state index contributed by atoms with van der Waals surface area (Å²) in [6.07, 6.45) is 2.55. The van der Waals surface area contributed by atoms with Crippen molar-refractivity contribution in [3.63, 3.8) is 0 Å². The van der Waals surface area contributed by atoms with Gasteiger partial charge in [0.2, 0.25) is 0 Å². The predicted molar refractivity (Wildman–Crippen MR) is 59.6 cm³/mol. The van der Waals surface area contributed by atoms with E-state index in [9.17, 15) is 4.79 Å². The number of nitrogens with zero attached hydrogens (tertiary/aromatic N) is 2. The highest BCUT2D eigenvalue weighted by Crippen LogP contribution is 2.17. The van der Waals surface area contributed by atoms with E-state index < -0.39 is 0 Å². The van der Waals surface area contributed by atoms with E-state index in [-0.39, 0.29) is 5.69 Å². The molecule has 0 fully saturated rings. The standard InChI is InChI=1S/C11H12N4O/c16-11-14-13-7-15(11)10-2-1-8-3-4-12-6-9(8)5-10/h1-2,5,7,12H,3-4,6H2,(H,14,16). The maximum atomic E-state index is 11.4. The number of H-pyrrole nitrogens is 1. The Labute approximate surface area is 92.1 Å². The molecule has 2 N–H and O–H groups in total. The van der Waals surface area contributed by atoms with Gasteiger partial charge in [-0.25, -0.2) is 14.5 Å². The molecule has 3 rings (SSSR count). The van der Waals surface area contributed by atoms with Gasteiger partial charge in [0.25, 0.3) is 0 Å². The highest BCUT2D eigenvalue weighted by molar-refractivity contribution is 5.41. The van der Waals surface area contributed by atoms with Crippen LogP contribution in [0, 0.1) is 0 Å². The molecule has 1 aromatic carbocycles. The maximum Gasteiger partial charge on any atom is 0.347 e. The molecular formula is C11H12N4O. The molecule has 2 heterocycles. The molecule has 1 aliphatic rings. The number of hydrogen-bond donors (Lipinski definition) is 2. The van der Waals surface area contributed by atoms with Gasteiger partial charge in [0.1, 0.15) is 6.33 Å². The largest absolute Gasteiger partial charge is 0.347 e. The molecule has 5 nitrogen and oxygen atoms in total. The number of nitrogens with one attached hydrogen (secondary N) is 2. The minimum atomic E-state index is -0.205. The van der Waals surface area contributed by atoms with E-state index in [4.69, 9.17) is 0 Å². The van der Waals surface area contributed by atoms with E-state index in [1.54, 1.807) is 0 Å². The van der Waals surface area contributed by atoms with Crippen LogP contribution in [0.3, 0.4) is 0 Å². The first-order valence-electron chi connectivity index (χ1n) is 5.29. The second-order valence-electron chi connectivity index (χ2n) is 3.91. The summed E-state index contributed by atoms with van der Waals surface area (Å²) in [5, 5.41) is 9.43. The molecular weight excluding hydrogens is 204 g/mol. The van der Waals surface area contributed by atoms with E-state index >= 15 is 0 Å². The fourth-order valence-corrected chi connectivity index (χ4v) is 2.05. The lowest BCUT2D eigenvalue weighted by Gasteiger charge is -2.17. The van der Waals surface area contributed by atoms with Crippen LogP contribution >= 0.6 is 0 Å². The van der Waals surface area contributed by atoms with Crippen LogP contribution in [0.1, 0.15) is 11.1 Å². The summed E-state index contributed by atoms with van der Waals surface area (Å²) >= 11 is 0. The average molecular weight is 216 g/mol. The molecule has 5 heteroatoms. The highest BCUT2D eigenvalue weighted by atomic mass is 16.1. The van der Waals surface area contributed by atoms with Gasteiger partial charge >= 0.3 is 5.69 Å². The average Bonchev–Trinajstić information content (AvgIpc) is 2.75. The molecule has 2 aromatic rings. The molecule has 16 heavy (non-hydrogen) atoms. The van der Waals surface area contributed by atoms with Crippen LogP contribution in [0.15, 0.2) is 29.3 Å². The molecule has 1 aromatic heterocycles. The second kappa shape index (κ2) is 3.61. The summed E-state index contributed by atoms with van der Waals surface area (Å²) in [5.41, 5.74) is 3.28. The second-order valence-corrected chi connectivity index (χ2v) is 3.91. The van der Waals surface area contributed by atoms with Crippen molar-refractivity contribution in [1.29, 1.82) is 0 Å². The monoisotopic (exact) mass is 216 g/mol. The molecule has 82 valence electrons. The van der Waals surface area contributed by atoms with Gasteiger partial charge < -0.3 is 5.32 Å². The summed E-state index contributed by atoms with van der Waals surface area (Å²) in [7, 11) is 0. The number of aromatic nitrogens is 3. The summed E-state index contributed by atoms with van der Waals surface area (Å²) < 4.78 is 1.51. The van der Waals surface area contributed by atoms with Crippen LogP contribution in [0.5, 0.6) is 0 Å². The Hall–Kier alpha value is -1.88. The molecule has 0 unspecified atom stereocenters. The third-order valence-corrected chi connectivity index (χ3v) is 2.91. The summed E-state index contributed by atoms with van der Waals surface area (Å²) in [6.45, 7) is 1.90. The first-order chi connectivity index (χ1) is 7.84. The summed E-state index contributed by atoms with van der Waals surface area (Å²) in [5.74, 6) is 0. The number of benzene rings is 1.